The van der Waals surface area contributed by atoms with Gasteiger partial charge in [-0.05, 0) is 5.56 Å². The third-order valence-electron chi connectivity index (χ3n) is 2.10. The maximum Gasteiger partial charge on any atom is 0.145 e. The van der Waals surface area contributed by atoms with Crippen LogP contribution in [0.15, 0.2) is 35.5 Å². The average Bonchev–Trinajstić information content (AvgIpc) is 2.67. The summed E-state index contributed by atoms with van der Waals surface area (Å²) in [5.74, 6) is 0. The van der Waals surface area contributed by atoms with Crippen molar-refractivity contribution in [3.63, 3.8) is 0 Å². The molecule has 0 radical (unpaired) electrons. The minimum absolute atomic E-state index is 0.0650. The highest BCUT2D eigenvalue weighted by atomic mass is 16.6. The molecule has 68 valence electrons. The lowest BCUT2D eigenvalue weighted by Crippen LogP contribution is -2.19. The van der Waals surface area contributed by atoms with E-state index < -0.39 is 0 Å². The van der Waals surface area contributed by atoms with E-state index in [1.807, 2.05) is 30.3 Å². The second kappa shape index (κ2) is 3.58. The normalized spacial score (nSPS) is 21.0. The second-order valence-electron chi connectivity index (χ2n) is 3.07. The van der Waals surface area contributed by atoms with Gasteiger partial charge in [0.05, 0.1) is 5.71 Å². The van der Waals surface area contributed by atoms with Crippen molar-refractivity contribution in [3.8, 4) is 0 Å². The maximum absolute atomic E-state index is 5.48. The van der Waals surface area contributed by atoms with Crippen molar-refractivity contribution in [2.24, 2.45) is 10.9 Å². The predicted octanol–water partition coefficient (Wildman–Crippen LogP) is 1.14. The summed E-state index contributed by atoms with van der Waals surface area (Å²) in [5.41, 5.74) is 7.60. The van der Waals surface area contributed by atoms with E-state index in [2.05, 4.69) is 5.16 Å². The Balaban J connectivity index is 2.12. The van der Waals surface area contributed by atoms with Crippen molar-refractivity contribution in [1.82, 2.24) is 0 Å². The van der Waals surface area contributed by atoms with Crippen molar-refractivity contribution >= 4 is 5.71 Å². The molecule has 0 saturated carbocycles. The Kier molecular flexibility index (Phi) is 2.27. The van der Waals surface area contributed by atoms with Gasteiger partial charge in [0.2, 0.25) is 0 Å². The largest absolute Gasteiger partial charge is 0.390 e. The Morgan fingerprint density at radius 1 is 1.38 bits per heavy atom. The van der Waals surface area contributed by atoms with Crippen LogP contribution in [0.5, 0.6) is 0 Å². The Morgan fingerprint density at radius 3 is 2.77 bits per heavy atom. The molecule has 0 bridgehead atoms. The van der Waals surface area contributed by atoms with Gasteiger partial charge in [-0.15, -0.1) is 0 Å². The molecular formula is C10H12N2O. The molecule has 0 spiro atoms. The monoisotopic (exact) mass is 176 g/mol. The Labute approximate surface area is 77.2 Å². The van der Waals surface area contributed by atoms with Crippen LogP contribution in [0.2, 0.25) is 0 Å². The summed E-state index contributed by atoms with van der Waals surface area (Å²) in [6.07, 6.45) is 0.885. The molecule has 0 saturated heterocycles. The number of oxime groups is 1. The van der Waals surface area contributed by atoms with E-state index in [-0.39, 0.29) is 6.10 Å². The molecule has 3 heteroatoms. The summed E-state index contributed by atoms with van der Waals surface area (Å²) < 4.78 is 0. The summed E-state index contributed by atoms with van der Waals surface area (Å²) in [4.78, 5) is 5.13. The first-order valence-corrected chi connectivity index (χ1v) is 4.38. The number of nitrogens with zero attached hydrogens (tertiary/aromatic N) is 1. The summed E-state index contributed by atoms with van der Waals surface area (Å²) in [6.45, 7) is 0.528. The van der Waals surface area contributed by atoms with E-state index in [4.69, 9.17) is 10.6 Å². The quantitative estimate of drug-likeness (QED) is 0.734. The molecule has 13 heavy (non-hydrogen) atoms. The molecule has 0 fully saturated rings. The van der Waals surface area contributed by atoms with Gasteiger partial charge in [-0.25, -0.2) is 0 Å². The molecule has 1 aliphatic heterocycles. The van der Waals surface area contributed by atoms with Crippen LogP contribution >= 0.6 is 0 Å². The molecule has 0 aromatic heterocycles. The van der Waals surface area contributed by atoms with Gasteiger partial charge < -0.3 is 10.6 Å². The van der Waals surface area contributed by atoms with Crippen molar-refractivity contribution in [1.29, 1.82) is 0 Å². The SMILES string of the molecule is NC[C@@H]1CC(c2ccccc2)=NO1. The van der Waals surface area contributed by atoms with Crippen molar-refractivity contribution < 1.29 is 4.84 Å². The topological polar surface area (TPSA) is 47.6 Å². The van der Waals surface area contributed by atoms with Crippen LogP contribution in [0.4, 0.5) is 0 Å². The fourth-order valence-electron chi connectivity index (χ4n) is 1.36. The molecule has 1 atom stereocenters. The molecule has 1 heterocycles. The zero-order valence-corrected chi connectivity index (χ0v) is 7.31. The third-order valence-corrected chi connectivity index (χ3v) is 2.10. The number of nitrogens with two attached hydrogens (primary N) is 1. The summed E-state index contributed by atoms with van der Waals surface area (Å²) in [7, 11) is 0. The fourth-order valence-corrected chi connectivity index (χ4v) is 1.36. The highest BCUT2D eigenvalue weighted by Gasteiger charge is 2.19. The van der Waals surface area contributed by atoms with Crippen LogP contribution in [-0.4, -0.2) is 18.4 Å². The molecule has 0 aliphatic carbocycles. The number of hydrogen-bond acceptors (Lipinski definition) is 3. The highest BCUT2D eigenvalue weighted by molar-refractivity contribution is 6.01. The van der Waals surface area contributed by atoms with Gasteiger partial charge in [0.1, 0.15) is 6.10 Å². The lowest BCUT2D eigenvalue weighted by Gasteiger charge is -2.01. The van der Waals surface area contributed by atoms with Crippen LogP contribution in [0.3, 0.4) is 0 Å². The molecule has 2 rings (SSSR count). The van der Waals surface area contributed by atoms with Crippen molar-refractivity contribution in [2.75, 3.05) is 6.54 Å². The van der Waals surface area contributed by atoms with E-state index in [9.17, 15) is 0 Å². The molecule has 1 aromatic rings. The highest BCUT2D eigenvalue weighted by Crippen LogP contribution is 2.15. The van der Waals surface area contributed by atoms with E-state index in [0.717, 1.165) is 17.7 Å². The Morgan fingerprint density at radius 2 is 2.15 bits per heavy atom. The molecule has 1 aliphatic rings. The minimum Gasteiger partial charge on any atom is -0.390 e. The number of rotatable bonds is 2. The molecule has 0 amide bonds. The van der Waals surface area contributed by atoms with Gasteiger partial charge in [0, 0.05) is 13.0 Å². The van der Waals surface area contributed by atoms with E-state index in [1.165, 1.54) is 0 Å². The minimum atomic E-state index is 0.0650. The fraction of sp³-hybridized carbons (Fsp3) is 0.300. The number of benzene rings is 1. The molecular weight excluding hydrogens is 164 g/mol. The zero-order chi connectivity index (χ0) is 9.10. The third kappa shape index (κ3) is 1.70. The summed E-state index contributed by atoms with van der Waals surface area (Å²) >= 11 is 0. The Hall–Kier alpha value is -1.35. The second-order valence-corrected chi connectivity index (χ2v) is 3.07. The van der Waals surface area contributed by atoms with Crippen LogP contribution in [0.1, 0.15) is 12.0 Å². The molecule has 3 nitrogen and oxygen atoms in total. The van der Waals surface area contributed by atoms with Crippen LogP contribution < -0.4 is 5.73 Å². The zero-order valence-electron chi connectivity index (χ0n) is 7.31. The first kappa shape index (κ1) is 8.26. The van der Waals surface area contributed by atoms with Gasteiger partial charge in [0.15, 0.2) is 0 Å². The van der Waals surface area contributed by atoms with Gasteiger partial charge in [0.25, 0.3) is 0 Å². The standard InChI is InChI=1S/C10H12N2O/c11-7-9-6-10(12-13-9)8-4-2-1-3-5-8/h1-5,9H,6-7,11H2/t9-/m0/s1. The molecule has 2 N–H and O–H groups in total. The van der Waals surface area contributed by atoms with Gasteiger partial charge >= 0.3 is 0 Å². The molecule has 0 unspecified atom stereocenters. The summed E-state index contributed by atoms with van der Waals surface area (Å²) in [5, 5.41) is 3.99. The van der Waals surface area contributed by atoms with Gasteiger partial charge in [-0.2, -0.15) is 0 Å². The van der Waals surface area contributed by atoms with Crippen molar-refractivity contribution in [3.05, 3.63) is 35.9 Å². The first-order chi connectivity index (χ1) is 6.40. The predicted molar refractivity (Wildman–Crippen MR) is 51.5 cm³/mol. The van der Waals surface area contributed by atoms with Crippen LogP contribution in [0, 0.1) is 0 Å². The Bertz CT molecular complexity index is 308. The van der Waals surface area contributed by atoms with Crippen LogP contribution in [0.25, 0.3) is 0 Å². The van der Waals surface area contributed by atoms with E-state index in [0.29, 0.717) is 6.54 Å². The number of hydrogen-bond donors (Lipinski definition) is 1. The van der Waals surface area contributed by atoms with Gasteiger partial charge in [-0.3, -0.25) is 0 Å². The molecule has 1 aromatic carbocycles. The van der Waals surface area contributed by atoms with Gasteiger partial charge in [-0.1, -0.05) is 35.5 Å². The lowest BCUT2D eigenvalue weighted by atomic mass is 10.1. The van der Waals surface area contributed by atoms with Crippen molar-refractivity contribution in [2.45, 2.75) is 12.5 Å². The summed E-state index contributed by atoms with van der Waals surface area (Å²) in [6, 6.07) is 10.0. The van der Waals surface area contributed by atoms with E-state index >= 15 is 0 Å². The lowest BCUT2D eigenvalue weighted by molar-refractivity contribution is 0.0918. The maximum atomic E-state index is 5.48. The van der Waals surface area contributed by atoms with E-state index in [1.54, 1.807) is 0 Å². The average molecular weight is 176 g/mol. The first-order valence-electron chi connectivity index (χ1n) is 4.38. The smallest absolute Gasteiger partial charge is 0.145 e. The van der Waals surface area contributed by atoms with Crippen LogP contribution in [-0.2, 0) is 4.84 Å².